The van der Waals surface area contributed by atoms with Crippen LogP contribution in [-0.4, -0.2) is 31.2 Å². The molecule has 1 atom stereocenters. The molecule has 26 heavy (non-hydrogen) atoms. The Bertz CT molecular complexity index is 731. The van der Waals surface area contributed by atoms with Crippen molar-refractivity contribution in [3.63, 3.8) is 0 Å². The molecule has 1 N–H and O–H groups in total. The Labute approximate surface area is 150 Å². The molecule has 0 radical (unpaired) electrons. The number of anilines is 1. The normalized spacial score (nSPS) is 11.3. The largest absolute Gasteiger partial charge is 0.494 e. The number of rotatable bonds is 8. The monoisotopic (exact) mass is 361 g/mol. The summed E-state index contributed by atoms with van der Waals surface area (Å²) in [6, 6.07) is 12.1. The van der Waals surface area contributed by atoms with Gasteiger partial charge in [-0.05, 0) is 62.4 Å². The van der Waals surface area contributed by atoms with Crippen molar-refractivity contribution in [2.45, 2.75) is 20.0 Å². The molecule has 6 nitrogen and oxygen atoms in total. The average molecular weight is 361 g/mol. The number of hydrogen-bond acceptors (Lipinski definition) is 5. The van der Waals surface area contributed by atoms with Crippen molar-refractivity contribution in [3.8, 4) is 11.5 Å². The zero-order valence-electron chi connectivity index (χ0n) is 14.5. The number of amides is 1. The van der Waals surface area contributed by atoms with E-state index in [1.807, 2.05) is 6.92 Å². The van der Waals surface area contributed by atoms with Crippen molar-refractivity contribution in [1.29, 1.82) is 0 Å². The molecular formula is C19H20FNO5. The summed E-state index contributed by atoms with van der Waals surface area (Å²) in [4.78, 5) is 23.7. The molecule has 0 unspecified atom stereocenters. The molecule has 0 aromatic heterocycles. The summed E-state index contributed by atoms with van der Waals surface area (Å²) in [6.45, 7) is 3.48. The fourth-order valence-corrected chi connectivity index (χ4v) is 2.02. The summed E-state index contributed by atoms with van der Waals surface area (Å²) in [7, 11) is 0. The second-order valence-corrected chi connectivity index (χ2v) is 5.33. The second-order valence-electron chi connectivity index (χ2n) is 5.33. The van der Waals surface area contributed by atoms with Gasteiger partial charge in [0.1, 0.15) is 17.3 Å². The first-order chi connectivity index (χ1) is 12.5. The molecule has 0 heterocycles. The van der Waals surface area contributed by atoms with E-state index >= 15 is 0 Å². The van der Waals surface area contributed by atoms with E-state index < -0.39 is 30.4 Å². The van der Waals surface area contributed by atoms with E-state index in [-0.39, 0.29) is 0 Å². The standard InChI is InChI=1S/C19H20FNO5/c1-3-24-16-10-6-15(7-11-16)21-18(22)12-25-19(23)13(2)26-17-8-4-14(20)5-9-17/h4-11,13H,3,12H2,1-2H3,(H,21,22)/t13-/m1/s1. The summed E-state index contributed by atoms with van der Waals surface area (Å²) in [5, 5.41) is 2.61. The van der Waals surface area contributed by atoms with Gasteiger partial charge >= 0.3 is 5.97 Å². The zero-order valence-corrected chi connectivity index (χ0v) is 14.5. The quantitative estimate of drug-likeness (QED) is 0.731. The second kappa shape index (κ2) is 9.41. The third-order valence-corrected chi connectivity index (χ3v) is 3.25. The molecule has 0 aliphatic rings. The van der Waals surface area contributed by atoms with Crippen LogP contribution in [0.25, 0.3) is 0 Å². The topological polar surface area (TPSA) is 73.9 Å². The van der Waals surface area contributed by atoms with E-state index in [1.54, 1.807) is 24.3 Å². The Hall–Kier alpha value is -3.09. The van der Waals surface area contributed by atoms with Gasteiger partial charge in [-0.3, -0.25) is 4.79 Å². The maximum absolute atomic E-state index is 12.8. The van der Waals surface area contributed by atoms with Crippen molar-refractivity contribution < 1.29 is 28.2 Å². The van der Waals surface area contributed by atoms with Crippen molar-refractivity contribution in [2.75, 3.05) is 18.5 Å². The van der Waals surface area contributed by atoms with E-state index in [1.165, 1.54) is 31.2 Å². The lowest BCUT2D eigenvalue weighted by atomic mass is 10.3. The van der Waals surface area contributed by atoms with Crippen LogP contribution in [0.4, 0.5) is 10.1 Å². The van der Waals surface area contributed by atoms with Gasteiger partial charge < -0.3 is 19.5 Å². The molecule has 0 aliphatic heterocycles. The molecule has 138 valence electrons. The molecule has 1 amide bonds. The molecule has 0 bridgehead atoms. The summed E-state index contributed by atoms with van der Waals surface area (Å²) >= 11 is 0. The minimum Gasteiger partial charge on any atom is -0.494 e. The summed E-state index contributed by atoms with van der Waals surface area (Å²) in [5.74, 6) is -0.551. The molecule has 0 saturated heterocycles. The minimum atomic E-state index is -0.932. The van der Waals surface area contributed by atoms with Crippen molar-refractivity contribution in [1.82, 2.24) is 0 Å². The number of nitrogens with one attached hydrogen (secondary N) is 1. The van der Waals surface area contributed by atoms with Crippen LogP contribution in [0, 0.1) is 5.82 Å². The maximum atomic E-state index is 12.8. The number of carbonyl (C=O) groups is 2. The lowest BCUT2D eigenvalue weighted by molar-refractivity contribution is -0.153. The van der Waals surface area contributed by atoms with E-state index in [2.05, 4.69) is 5.32 Å². The maximum Gasteiger partial charge on any atom is 0.347 e. The molecule has 0 fully saturated rings. The van der Waals surface area contributed by atoms with Crippen LogP contribution in [0.2, 0.25) is 0 Å². The van der Waals surface area contributed by atoms with Crippen LogP contribution in [0.15, 0.2) is 48.5 Å². The molecule has 0 saturated carbocycles. The van der Waals surface area contributed by atoms with Crippen LogP contribution in [0.5, 0.6) is 11.5 Å². The zero-order chi connectivity index (χ0) is 18.9. The van der Waals surface area contributed by atoms with Gasteiger partial charge in [0.2, 0.25) is 0 Å². The fourth-order valence-electron chi connectivity index (χ4n) is 2.02. The predicted molar refractivity (Wildman–Crippen MR) is 93.7 cm³/mol. The first kappa shape index (κ1) is 19.2. The number of benzene rings is 2. The summed E-state index contributed by atoms with van der Waals surface area (Å²) in [6.07, 6.45) is -0.932. The SMILES string of the molecule is CCOc1ccc(NC(=O)COC(=O)[C@@H](C)Oc2ccc(F)cc2)cc1. The molecule has 7 heteroatoms. The number of esters is 1. The van der Waals surface area contributed by atoms with Crippen LogP contribution >= 0.6 is 0 Å². The van der Waals surface area contributed by atoms with E-state index in [0.717, 1.165) is 0 Å². The molecule has 2 rings (SSSR count). The smallest absolute Gasteiger partial charge is 0.347 e. The van der Waals surface area contributed by atoms with Crippen LogP contribution in [0.3, 0.4) is 0 Å². The Morgan fingerprint density at radius 3 is 2.27 bits per heavy atom. The highest BCUT2D eigenvalue weighted by atomic mass is 19.1. The number of carbonyl (C=O) groups excluding carboxylic acids is 2. The Morgan fingerprint density at radius 1 is 1.04 bits per heavy atom. The van der Waals surface area contributed by atoms with Crippen molar-refractivity contribution in [3.05, 3.63) is 54.3 Å². The van der Waals surface area contributed by atoms with Gasteiger partial charge in [0.25, 0.3) is 5.91 Å². The van der Waals surface area contributed by atoms with Gasteiger partial charge in [-0.2, -0.15) is 0 Å². The molecule has 2 aromatic rings. The van der Waals surface area contributed by atoms with Gasteiger partial charge in [-0.25, -0.2) is 9.18 Å². The van der Waals surface area contributed by atoms with Crippen LogP contribution in [-0.2, 0) is 14.3 Å². The molecule has 2 aromatic carbocycles. The third-order valence-electron chi connectivity index (χ3n) is 3.25. The Morgan fingerprint density at radius 2 is 1.65 bits per heavy atom. The van der Waals surface area contributed by atoms with E-state index in [4.69, 9.17) is 14.2 Å². The number of halogens is 1. The van der Waals surface area contributed by atoms with Crippen molar-refractivity contribution in [2.24, 2.45) is 0 Å². The molecular weight excluding hydrogens is 341 g/mol. The third kappa shape index (κ3) is 6.08. The summed E-state index contributed by atoms with van der Waals surface area (Å²) in [5.41, 5.74) is 0.560. The highest BCUT2D eigenvalue weighted by Crippen LogP contribution is 2.16. The van der Waals surface area contributed by atoms with Gasteiger partial charge in [-0.15, -0.1) is 0 Å². The Kier molecular flexibility index (Phi) is 6.96. The van der Waals surface area contributed by atoms with Gasteiger partial charge in [0, 0.05) is 5.69 Å². The average Bonchev–Trinajstić information content (AvgIpc) is 2.63. The van der Waals surface area contributed by atoms with Gasteiger partial charge in [0.05, 0.1) is 6.61 Å². The lowest BCUT2D eigenvalue weighted by Crippen LogP contribution is -2.29. The summed E-state index contributed by atoms with van der Waals surface area (Å²) < 4.78 is 28.4. The predicted octanol–water partition coefficient (Wildman–Crippen LogP) is 3.17. The van der Waals surface area contributed by atoms with Crippen LogP contribution in [0.1, 0.15) is 13.8 Å². The highest BCUT2D eigenvalue weighted by molar-refractivity contribution is 5.93. The minimum absolute atomic E-state index is 0.328. The highest BCUT2D eigenvalue weighted by Gasteiger charge is 2.18. The molecule has 0 spiro atoms. The van der Waals surface area contributed by atoms with E-state index in [0.29, 0.717) is 23.8 Å². The first-order valence-corrected chi connectivity index (χ1v) is 8.09. The van der Waals surface area contributed by atoms with Crippen LogP contribution < -0.4 is 14.8 Å². The van der Waals surface area contributed by atoms with E-state index in [9.17, 15) is 14.0 Å². The number of ether oxygens (including phenoxy) is 3. The van der Waals surface area contributed by atoms with Crippen molar-refractivity contribution >= 4 is 17.6 Å². The molecule has 0 aliphatic carbocycles. The number of hydrogen-bond donors (Lipinski definition) is 1. The lowest BCUT2D eigenvalue weighted by Gasteiger charge is -2.14. The fraction of sp³-hybridized carbons (Fsp3) is 0.263. The Balaban J connectivity index is 1.76. The van der Waals surface area contributed by atoms with Gasteiger partial charge in [-0.1, -0.05) is 0 Å². The van der Waals surface area contributed by atoms with Gasteiger partial charge in [0.15, 0.2) is 12.7 Å². The first-order valence-electron chi connectivity index (χ1n) is 8.09.